The molecule has 4 rings (SSSR count). The van der Waals surface area contributed by atoms with E-state index < -0.39 is 41.6 Å². The maximum Gasteiger partial charge on any atom is 1.00 e. The average Bonchev–Trinajstić information content (AvgIpc) is 3.08. The predicted molar refractivity (Wildman–Crippen MR) is 117 cm³/mol. The Labute approximate surface area is 223 Å². The van der Waals surface area contributed by atoms with Crippen molar-refractivity contribution >= 4 is 23.5 Å². The third kappa shape index (κ3) is 4.45. The van der Waals surface area contributed by atoms with Crippen molar-refractivity contribution in [2.45, 2.75) is 77.4 Å². The molecule has 0 spiro atoms. The summed E-state index contributed by atoms with van der Waals surface area (Å²) in [6.07, 6.45) is 2.96. The van der Waals surface area contributed by atoms with Crippen molar-refractivity contribution in [1.29, 1.82) is 0 Å². The summed E-state index contributed by atoms with van der Waals surface area (Å²) in [7, 11) is 0. The van der Waals surface area contributed by atoms with Crippen LogP contribution in [-0.2, 0) is 23.9 Å². The molecule has 0 aromatic rings. The van der Waals surface area contributed by atoms with E-state index in [2.05, 4.69) is 6.92 Å². The minimum absolute atomic E-state index is 0. The van der Waals surface area contributed by atoms with Gasteiger partial charge in [0.25, 0.3) is 0 Å². The van der Waals surface area contributed by atoms with E-state index in [1.807, 2.05) is 6.92 Å². The van der Waals surface area contributed by atoms with Gasteiger partial charge in [0.05, 0.1) is 18.9 Å². The first-order chi connectivity index (χ1) is 15.5. The second kappa shape index (κ2) is 10.1. The summed E-state index contributed by atoms with van der Waals surface area (Å²) in [5.41, 5.74) is -0.231. The van der Waals surface area contributed by atoms with Gasteiger partial charge in [-0.1, -0.05) is 19.4 Å². The normalized spacial score (nSPS) is 40.7. The number of aliphatic hydroxyl groups excluding tert-OH is 2. The molecule has 0 saturated heterocycles. The number of carboxylic acids is 1. The van der Waals surface area contributed by atoms with Crippen LogP contribution in [0.5, 0.6) is 0 Å². The van der Waals surface area contributed by atoms with Gasteiger partial charge in [-0.25, -0.2) is 0 Å². The molecule has 4 aliphatic rings. The van der Waals surface area contributed by atoms with Gasteiger partial charge >= 0.3 is 41.5 Å². The summed E-state index contributed by atoms with van der Waals surface area (Å²) in [6.45, 7) is 3.54. The number of ketones is 2. The fraction of sp³-hybridized carbons (Fsp3) is 0.760. The minimum atomic E-state index is -1.09. The van der Waals surface area contributed by atoms with Crippen molar-refractivity contribution in [3.05, 3.63) is 11.6 Å². The largest absolute Gasteiger partial charge is 1.00 e. The standard InChI is InChI=1S/C25H34O8.Na.H/c1-24-11-18(28)23-15(16(24)5-6-17(24)19(29)12-26)4-3-13-9-14(27)10-20(25(13,23)2)33-22(32)8-7-21(30)31;;/h9,15-18,20,23,26,28H,3-8,10-12H2,1-2H3,(H,30,31);;/q;+1;-1/t15-,16-,17+,18-,20?,23+,24-,25+;;/m0../s1. The molecule has 0 aromatic heterocycles. The molecule has 0 heterocycles. The number of fused-ring (bicyclic) bond motifs is 5. The Balaban J connectivity index is 0.00000216. The number of carbonyl (C=O) groups excluding carboxylic acids is 3. The average molecular weight is 487 g/mol. The van der Waals surface area contributed by atoms with Crippen LogP contribution >= 0.6 is 0 Å². The van der Waals surface area contributed by atoms with Crippen molar-refractivity contribution in [2.75, 3.05) is 6.61 Å². The monoisotopic (exact) mass is 486 g/mol. The van der Waals surface area contributed by atoms with Crippen LogP contribution in [0.4, 0.5) is 0 Å². The zero-order chi connectivity index (χ0) is 24.1. The predicted octanol–water partition coefficient (Wildman–Crippen LogP) is -0.830. The summed E-state index contributed by atoms with van der Waals surface area (Å²) in [5.74, 6) is -2.23. The summed E-state index contributed by atoms with van der Waals surface area (Å²) >= 11 is 0. The molecule has 8 atom stereocenters. The third-order valence-electron chi connectivity index (χ3n) is 9.33. The van der Waals surface area contributed by atoms with Gasteiger partial charge in [0.1, 0.15) is 12.7 Å². The first-order valence-corrected chi connectivity index (χ1v) is 12.0. The van der Waals surface area contributed by atoms with E-state index in [9.17, 15) is 29.4 Å². The fourth-order valence-electron chi connectivity index (χ4n) is 7.93. The van der Waals surface area contributed by atoms with Gasteiger partial charge in [0, 0.05) is 23.7 Å². The van der Waals surface area contributed by atoms with E-state index >= 15 is 0 Å². The molecule has 0 radical (unpaired) electrons. The molecule has 0 bridgehead atoms. The first kappa shape index (κ1) is 27.5. The minimum Gasteiger partial charge on any atom is -1.00 e. The molecule has 3 fully saturated rings. The number of hydrogen-bond acceptors (Lipinski definition) is 7. The van der Waals surface area contributed by atoms with E-state index in [1.54, 1.807) is 6.08 Å². The third-order valence-corrected chi connectivity index (χ3v) is 9.33. The SMILES string of the molecule is C[C@]12C[C@H](O)[C@H]3[C@@H](CCC4=CC(=O)CC(OC(=O)CCC(=O)O)[C@@]43C)[C@@H]1CC[C@@H]2C(=O)CO.[H-].[Na+]. The van der Waals surface area contributed by atoms with Crippen LogP contribution in [0.3, 0.4) is 0 Å². The maximum absolute atomic E-state index is 12.5. The number of esters is 1. The zero-order valence-electron chi connectivity index (χ0n) is 21.3. The molecule has 0 aliphatic heterocycles. The number of aliphatic carboxylic acids is 1. The number of ether oxygens (including phenoxy) is 1. The van der Waals surface area contributed by atoms with Crippen LogP contribution < -0.4 is 29.6 Å². The molecule has 9 heteroatoms. The quantitative estimate of drug-likeness (QED) is 0.327. The van der Waals surface area contributed by atoms with Gasteiger partial charge < -0.3 is 21.5 Å². The Kier molecular flexibility index (Phi) is 8.20. The van der Waals surface area contributed by atoms with E-state index in [-0.39, 0.29) is 85.5 Å². The van der Waals surface area contributed by atoms with Gasteiger partial charge in [-0.3, -0.25) is 19.2 Å². The van der Waals surface area contributed by atoms with E-state index in [0.717, 1.165) is 18.4 Å². The Morgan fingerprint density at radius 2 is 1.88 bits per heavy atom. The smallest absolute Gasteiger partial charge is 1.00 e. The molecular formula is C25H35NaO8. The number of carbonyl (C=O) groups is 4. The molecular weight excluding hydrogens is 451 g/mol. The molecule has 4 aliphatic carbocycles. The van der Waals surface area contributed by atoms with Crippen molar-refractivity contribution < 1.29 is 70.2 Å². The van der Waals surface area contributed by atoms with Crippen molar-refractivity contribution in [3.63, 3.8) is 0 Å². The molecule has 0 aromatic carbocycles. The van der Waals surface area contributed by atoms with Crippen molar-refractivity contribution in [2.24, 2.45) is 34.5 Å². The van der Waals surface area contributed by atoms with Crippen LogP contribution in [-0.4, -0.2) is 57.6 Å². The Hall–Kier alpha value is -1.06. The van der Waals surface area contributed by atoms with Crippen LogP contribution in [0.15, 0.2) is 11.6 Å². The molecule has 3 saturated carbocycles. The van der Waals surface area contributed by atoms with E-state index in [1.165, 1.54) is 0 Å². The topological polar surface area (TPSA) is 138 Å². The van der Waals surface area contributed by atoms with Crippen LogP contribution in [0.2, 0.25) is 0 Å². The van der Waals surface area contributed by atoms with Crippen LogP contribution in [0.25, 0.3) is 0 Å². The summed E-state index contributed by atoms with van der Waals surface area (Å²) < 4.78 is 5.73. The van der Waals surface area contributed by atoms with Crippen molar-refractivity contribution in [3.8, 4) is 0 Å². The van der Waals surface area contributed by atoms with E-state index in [0.29, 0.717) is 19.3 Å². The summed E-state index contributed by atoms with van der Waals surface area (Å²) in [4.78, 5) is 48.2. The van der Waals surface area contributed by atoms with E-state index in [4.69, 9.17) is 9.84 Å². The Morgan fingerprint density at radius 1 is 1.18 bits per heavy atom. The van der Waals surface area contributed by atoms with Gasteiger partial charge in [-0.2, -0.15) is 0 Å². The first-order valence-electron chi connectivity index (χ1n) is 12.0. The number of hydrogen-bond donors (Lipinski definition) is 3. The summed E-state index contributed by atoms with van der Waals surface area (Å²) in [5, 5.41) is 29.8. The van der Waals surface area contributed by atoms with Crippen LogP contribution in [0.1, 0.15) is 66.6 Å². The number of Topliss-reactive ketones (excluding diaryl/α,β-unsaturated/α-hetero) is 1. The molecule has 184 valence electrons. The maximum atomic E-state index is 12.5. The molecule has 3 N–H and O–H groups in total. The Morgan fingerprint density at radius 3 is 2.53 bits per heavy atom. The van der Waals surface area contributed by atoms with Gasteiger partial charge in [-0.05, 0) is 55.4 Å². The second-order valence-electron chi connectivity index (χ2n) is 10.9. The number of rotatable bonds is 6. The zero-order valence-corrected chi connectivity index (χ0v) is 22.3. The molecule has 34 heavy (non-hydrogen) atoms. The number of carboxylic acid groups (broad SMARTS) is 1. The molecule has 8 nitrogen and oxygen atoms in total. The van der Waals surface area contributed by atoms with Gasteiger partial charge in [-0.15, -0.1) is 0 Å². The Bertz CT molecular complexity index is 906. The van der Waals surface area contributed by atoms with Gasteiger partial charge in [0.2, 0.25) is 0 Å². The second-order valence-corrected chi connectivity index (χ2v) is 10.9. The van der Waals surface area contributed by atoms with Crippen molar-refractivity contribution in [1.82, 2.24) is 0 Å². The summed E-state index contributed by atoms with van der Waals surface area (Å²) in [6, 6.07) is 0. The number of aliphatic hydroxyl groups is 2. The fourth-order valence-corrected chi connectivity index (χ4v) is 7.93. The van der Waals surface area contributed by atoms with Crippen LogP contribution in [0, 0.1) is 34.5 Å². The molecule has 1 unspecified atom stereocenters. The molecule has 0 amide bonds. The van der Waals surface area contributed by atoms with Gasteiger partial charge in [0.15, 0.2) is 11.6 Å².